The summed E-state index contributed by atoms with van der Waals surface area (Å²) in [6.07, 6.45) is -0.806. The lowest BCUT2D eigenvalue weighted by atomic mass is 10.1. The fourth-order valence-electron chi connectivity index (χ4n) is 2.11. The van der Waals surface area contributed by atoms with Gasteiger partial charge in [0.2, 0.25) is 5.91 Å². The van der Waals surface area contributed by atoms with Crippen LogP contribution in [0.1, 0.15) is 11.7 Å². The predicted molar refractivity (Wildman–Crippen MR) is 73.6 cm³/mol. The van der Waals surface area contributed by atoms with Crippen LogP contribution in [0.25, 0.3) is 0 Å². The van der Waals surface area contributed by atoms with E-state index in [0.29, 0.717) is 31.1 Å². The molecule has 1 aliphatic heterocycles. The molecule has 0 aromatic heterocycles. The molecule has 1 aromatic carbocycles. The first-order chi connectivity index (χ1) is 9.72. The summed E-state index contributed by atoms with van der Waals surface area (Å²) in [5.74, 6) is 0.437. The highest BCUT2D eigenvalue weighted by molar-refractivity contribution is 5.82. The molecular weight excluding hydrogens is 260 g/mol. The minimum atomic E-state index is -0.806. The van der Waals surface area contributed by atoms with Crippen LogP contribution in [-0.2, 0) is 9.53 Å². The number of hydrogen-bond acceptors (Lipinski definition) is 5. The number of amides is 1. The molecule has 0 bridgehead atoms. The largest absolute Gasteiger partial charge is 0.496 e. The number of carbonyl (C=O) groups is 1. The average molecular weight is 280 g/mol. The number of hydrogen-bond donors (Lipinski definition) is 3. The van der Waals surface area contributed by atoms with Crippen LogP contribution >= 0.6 is 0 Å². The Hall–Kier alpha value is -1.63. The van der Waals surface area contributed by atoms with Crippen molar-refractivity contribution in [1.82, 2.24) is 10.6 Å². The van der Waals surface area contributed by atoms with Gasteiger partial charge in [-0.15, -0.1) is 0 Å². The molecule has 1 fully saturated rings. The van der Waals surface area contributed by atoms with Crippen molar-refractivity contribution in [3.05, 3.63) is 29.8 Å². The molecule has 2 atom stereocenters. The SMILES string of the molecule is COc1ccccc1[C@H](O)CNC(=O)[C@H]1COCCN1. The van der Waals surface area contributed by atoms with Gasteiger partial charge in [-0.3, -0.25) is 4.79 Å². The predicted octanol–water partition coefficient (Wildman–Crippen LogP) is -0.167. The third kappa shape index (κ3) is 3.69. The maximum Gasteiger partial charge on any atom is 0.239 e. The second-order valence-electron chi connectivity index (χ2n) is 4.58. The normalized spacial score (nSPS) is 20.2. The van der Waals surface area contributed by atoms with Crippen LogP contribution < -0.4 is 15.4 Å². The molecule has 0 aliphatic carbocycles. The molecule has 0 spiro atoms. The van der Waals surface area contributed by atoms with Crippen molar-refractivity contribution < 1.29 is 19.4 Å². The van der Waals surface area contributed by atoms with Gasteiger partial charge in [0.1, 0.15) is 11.8 Å². The lowest BCUT2D eigenvalue weighted by molar-refractivity contribution is -0.126. The molecule has 1 heterocycles. The Morgan fingerprint density at radius 1 is 1.60 bits per heavy atom. The quantitative estimate of drug-likeness (QED) is 0.698. The summed E-state index contributed by atoms with van der Waals surface area (Å²) in [5.41, 5.74) is 0.656. The third-order valence-electron chi connectivity index (χ3n) is 3.21. The van der Waals surface area contributed by atoms with Gasteiger partial charge in [-0.1, -0.05) is 18.2 Å². The second kappa shape index (κ2) is 7.23. The molecule has 110 valence electrons. The van der Waals surface area contributed by atoms with Gasteiger partial charge in [-0.2, -0.15) is 0 Å². The van der Waals surface area contributed by atoms with Gasteiger partial charge >= 0.3 is 0 Å². The van der Waals surface area contributed by atoms with E-state index in [2.05, 4.69) is 10.6 Å². The molecule has 2 rings (SSSR count). The molecule has 1 aliphatic rings. The lowest BCUT2D eigenvalue weighted by Crippen LogP contribution is -2.51. The van der Waals surface area contributed by atoms with Gasteiger partial charge in [0.25, 0.3) is 0 Å². The molecule has 1 saturated heterocycles. The molecule has 0 radical (unpaired) electrons. The number of aliphatic hydroxyl groups is 1. The first-order valence-corrected chi connectivity index (χ1v) is 6.62. The fraction of sp³-hybridized carbons (Fsp3) is 0.500. The summed E-state index contributed by atoms with van der Waals surface area (Å²) >= 11 is 0. The van der Waals surface area contributed by atoms with Crippen molar-refractivity contribution >= 4 is 5.91 Å². The van der Waals surface area contributed by atoms with E-state index < -0.39 is 6.10 Å². The Labute approximate surface area is 118 Å². The first kappa shape index (κ1) is 14.8. The van der Waals surface area contributed by atoms with E-state index in [-0.39, 0.29) is 18.5 Å². The lowest BCUT2D eigenvalue weighted by Gasteiger charge is -2.23. The Morgan fingerprint density at radius 3 is 3.10 bits per heavy atom. The maximum atomic E-state index is 11.9. The zero-order chi connectivity index (χ0) is 14.4. The summed E-state index contributed by atoms with van der Waals surface area (Å²) in [6.45, 7) is 1.77. The molecule has 1 aromatic rings. The van der Waals surface area contributed by atoms with E-state index in [0.717, 1.165) is 0 Å². The molecule has 6 heteroatoms. The van der Waals surface area contributed by atoms with Crippen molar-refractivity contribution in [2.75, 3.05) is 33.4 Å². The Kier molecular flexibility index (Phi) is 5.34. The Balaban J connectivity index is 1.88. The monoisotopic (exact) mass is 280 g/mol. The van der Waals surface area contributed by atoms with Gasteiger partial charge in [-0.25, -0.2) is 0 Å². The molecule has 20 heavy (non-hydrogen) atoms. The second-order valence-corrected chi connectivity index (χ2v) is 4.58. The summed E-state index contributed by atoms with van der Waals surface area (Å²) in [6, 6.07) is 6.85. The van der Waals surface area contributed by atoms with Crippen LogP contribution in [0.3, 0.4) is 0 Å². The maximum absolute atomic E-state index is 11.9. The smallest absolute Gasteiger partial charge is 0.239 e. The molecule has 0 unspecified atom stereocenters. The van der Waals surface area contributed by atoms with E-state index in [1.54, 1.807) is 19.2 Å². The average Bonchev–Trinajstić information content (AvgIpc) is 2.53. The highest BCUT2D eigenvalue weighted by Gasteiger charge is 2.22. The summed E-state index contributed by atoms with van der Waals surface area (Å²) in [7, 11) is 1.55. The molecule has 6 nitrogen and oxygen atoms in total. The van der Waals surface area contributed by atoms with Gasteiger partial charge in [0.05, 0.1) is 26.4 Å². The number of aliphatic hydroxyl groups excluding tert-OH is 1. The number of benzene rings is 1. The van der Waals surface area contributed by atoms with Crippen molar-refractivity contribution in [1.29, 1.82) is 0 Å². The standard InChI is InChI=1S/C14H20N2O4/c1-19-13-5-3-2-4-10(13)12(17)8-16-14(18)11-9-20-7-6-15-11/h2-5,11-12,15,17H,6-9H2,1H3,(H,16,18)/t11-,12-/m1/s1. The Bertz CT molecular complexity index is 447. The van der Waals surface area contributed by atoms with Crippen LogP contribution in [0.15, 0.2) is 24.3 Å². The van der Waals surface area contributed by atoms with Crippen LogP contribution in [0.4, 0.5) is 0 Å². The number of ether oxygens (including phenoxy) is 2. The molecule has 0 saturated carbocycles. The summed E-state index contributed by atoms with van der Waals surface area (Å²) in [4.78, 5) is 11.9. The molecule has 1 amide bonds. The third-order valence-corrected chi connectivity index (χ3v) is 3.21. The molecule has 3 N–H and O–H groups in total. The van der Waals surface area contributed by atoms with Crippen molar-refractivity contribution in [3.63, 3.8) is 0 Å². The number of methoxy groups -OCH3 is 1. The van der Waals surface area contributed by atoms with Gasteiger partial charge in [-0.05, 0) is 6.07 Å². The number of carbonyl (C=O) groups excluding carboxylic acids is 1. The van der Waals surface area contributed by atoms with Crippen LogP contribution in [0, 0.1) is 0 Å². The van der Waals surface area contributed by atoms with E-state index in [4.69, 9.17) is 9.47 Å². The van der Waals surface area contributed by atoms with Crippen LogP contribution in [0.5, 0.6) is 5.75 Å². The zero-order valence-electron chi connectivity index (χ0n) is 11.5. The number of morpholine rings is 1. The van der Waals surface area contributed by atoms with E-state index in [9.17, 15) is 9.90 Å². The number of nitrogens with one attached hydrogen (secondary N) is 2. The van der Waals surface area contributed by atoms with Gasteiger partial charge < -0.3 is 25.2 Å². The molecular formula is C14H20N2O4. The van der Waals surface area contributed by atoms with Gasteiger partial charge in [0.15, 0.2) is 0 Å². The fourth-order valence-corrected chi connectivity index (χ4v) is 2.11. The van der Waals surface area contributed by atoms with E-state index in [1.165, 1.54) is 0 Å². The highest BCUT2D eigenvalue weighted by atomic mass is 16.5. The van der Waals surface area contributed by atoms with Crippen molar-refractivity contribution in [3.8, 4) is 5.75 Å². The van der Waals surface area contributed by atoms with Gasteiger partial charge in [0, 0.05) is 18.7 Å². The zero-order valence-corrected chi connectivity index (χ0v) is 11.5. The van der Waals surface area contributed by atoms with E-state index >= 15 is 0 Å². The minimum absolute atomic E-state index is 0.136. The van der Waals surface area contributed by atoms with E-state index in [1.807, 2.05) is 12.1 Å². The first-order valence-electron chi connectivity index (χ1n) is 6.62. The minimum Gasteiger partial charge on any atom is -0.496 e. The highest BCUT2D eigenvalue weighted by Crippen LogP contribution is 2.23. The van der Waals surface area contributed by atoms with Crippen molar-refractivity contribution in [2.24, 2.45) is 0 Å². The Morgan fingerprint density at radius 2 is 2.40 bits per heavy atom. The number of rotatable bonds is 5. The number of para-hydroxylation sites is 1. The van der Waals surface area contributed by atoms with Crippen LogP contribution in [0.2, 0.25) is 0 Å². The van der Waals surface area contributed by atoms with Crippen LogP contribution in [-0.4, -0.2) is 50.5 Å². The summed E-state index contributed by atoms with van der Waals surface area (Å²) in [5, 5.41) is 15.9. The topological polar surface area (TPSA) is 79.8 Å². The van der Waals surface area contributed by atoms with Crippen molar-refractivity contribution in [2.45, 2.75) is 12.1 Å². The summed E-state index contributed by atoms with van der Waals surface area (Å²) < 4.78 is 10.4.